The molecular formula is C14H15NO. The SMILES string of the molecule is C=C[C@@]1(C)C[C@@H]2Cc3ccccc3N2C1=O. The molecule has 16 heavy (non-hydrogen) atoms. The van der Waals surface area contributed by atoms with Gasteiger partial charge in [0.2, 0.25) is 5.91 Å². The molecule has 1 aromatic rings. The zero-order chi connectivity index (χ0) is 11.3. The molecule has 1 aromatic carbocycles. The topological polar surface area (TPSA) is 20.3 Å². The van der Waals surface area contributed by atoms with Crippen LogP contribution in [0.15, 0.2) is 36.9 Å². The lowest BCUT2D eigenvalue weighted by Crippen LogP contribution is -2.32. The van der Waals surface area contributed by atoms with Gasteiger partial charge < -0.3 is 4.90 Å². The van der Waals surface area contributed by atoms with E-state index in [1.807, 2.05) is 30.0 Å². The lowest BCUT2D eigenvalue weighted by molar-refractivity contribution is -0.122. The molecule has 0 bridgehead atoms. The fraction of sp³-hybridized carbons (Fsp3) is 0.357. The van der Waals surface area contributed by atoms with E-state index in [1.165, 1.54) is 5.56 Å². The summed E-state index contributed by atoms with van der Waals surface area (Å²) >= 11 is 0. The summed E-state index contributed by atoms with van der Waals surface area (Å²) in [6, 6.07) is 8.54. The molecule has 0 radical (unpaired) electrons. The summed E-state index contributed by atoms with van der Waals surface area (Å²) in [5.74, 6) is 0.206. The van der Waals surface area contributed by atoms with Crippen molar-refractivity contribution >= 4 is 11.6 Å². The molecular weight excluding hydrogens is 198 g/mol. The second-order valence-corrected chi connectivity index (χ2v) is 4.99. The molecule has 0 aliphatic carbocycles. The largest absolute Gasteiger partial charge is 0.308 e. The van der Waals surface area contributed by atoms with E-state index in [4.69, 9.17) is 0 Å². The normalized spacial score (nSPS) is 31.4. The molecule has 0 saturated carbocycles. The van der Waals surface area contributed by atoms with E-state index in [-0.39, 0.29) is 11.3 Å². The molecule has 1 fully saturated rings. The standard InChI is InChI=1S/C14H15NO/c1-3-14(2)9-11-8-10-6-4-5-7-12(10)15(11)13(14)16/h3-7,11H,1,8-9H2,2H3/t11-,14-/m0/s1. The Hall–Kier alpha value is -1.57. The molecule has 0 spiro atoms. The van der Waals surface area contributed by atoms with Gasteiger partial charge in [-0.25, -0.2) is 0 Å². The summed E-state index contributed by atoms with van der Waals surface area (Å²) in [7, 11) is 0. The maximum Gasteiger partial charge on any atom is 0.237 e. The number of carbonyl (C=O) groups excluding carboxylic acids is 1. The Morgan fingerprint density at radius 3 is 3.00 bits per heavy atom. The number of hydrogen-bond donors (Lipinski definition) is 0. The van der Waals surface area contributed by atoms with E-state index in [0.717, 1.165) is 18.5 Å². The fourth-order valence-corrected chi connectivity index (χ4v) is 2.92. The third-order valence-electron chi connectivity index (χ3n) is 3.89. The Labute approximate surface area is 95.6 Å². The Kier molecular flexibility index (Phi) is 1.79. The maximum absolute atomic E-state index is 12.4. The molecule has 2 aliphatic heterocycles. The number of carbonyl (C=O) groups is 1. The zero-order valence-corrected chi connectivity index (χ0v) is 9.44. The van der Waals surface area contributed by atoms with Gasteiger partial charge in [0.05, 0.1) is 5.41 Å². The summed E-state index contributed by atoms with van der Waals surface area (Å²) in [6.07, 6.45) is 3.69. The quantitative estimate of drug-likeness (QED) is 0.656. The van der Waals surface area contributed by atoms with Crippen LogP contribution in [0.4, 0.5) is 5.69 Å². The smallest absolute Gasteiger partial charge is 0.237 e. The van der Waals surface area contributed by atoms with Gasteiger partial charge in [0, 0.05) is 11.7 Å². The van der Waals surface area contributed by atoms with Crippen molar-refractivity contribution in [3.05, 3.63) is 42.5 Å². The molecule has 2 nitrogen and oxygen atoms in total. The Balaban J connectivity index is 2.08. The molecule has 0 aromatic heterocycles. The van der Waals surface area contributed by atoms with Gasteiger partial charge in [-0.15, -0.1) is 6.58 Å². The van der Waals surface area contributed by atoms with Crippen LogP contribution < -0.4 is 4.90 Å². The molecule has 2 atom stereocenters. The summed E-state index contributed by atoms with van der Waals surface area (Å²) in [4.78, 5) is 14.3. The second-order valence-electron chi connectivity index (χ2n) is 4.99. The van der Waals surface area contributed by atoms with Crippen molar-refractivity contribution in [2.75, 3.05) is 4.90 Å². The van der Waals surface area contributed by atoms with Gasteiger partial charge in [0.25, 0.3) is 0 Å². The van der Waals surface area contributed by atoms with Gasteiger partial charge in [-0.2, -0.15) is 0 Å². The van der Waals surface area contributed by atoms with E-state index in [0.29, 0.717) is 6.04 Å². The van der Waals surface area contributed by atoms with Gasteiger partial charge >= 0.3 is 0 Å². The van der Waals surface area contributed by atoms with Gasteiger partial charge in [-0.1, -0.05) is 24.3 Å². The summed E-state index contributed by atoms with van der Waals surface area (Å²) in [6.45, 7) is 5.79. The lowest BCUT2D eigenvalue weighted by Gasteiger charge is -2.19. The predicted molar refractivity (Wildman–Crippen MR) is 64.3 cm³/mol. The van der Waals surface area contributed by atoms with Crippen LogP contribution in [0.1, 0.15) is 18.9 Å². The first-order chi connectivity index (χ1) is 7.65. The van der Waals surface area contributed by atoms with Crippen LogP contribution in [0.2, 0.25) is 0 Å². The summed E-state index contributed by atoms with van der Waals surface area (Å²) in [5, 5.41) is 0. The fourth-order valence-electron chi connectivity index (χ4n) is 2.92. The van der Waals surface area contributed by atoms with Crippen LogP contribution >= 0.6 is 0 Å². The minimum absolute atomic E-state index is 0.206. The van der Waals surface area contributed by atoms with E-state index >= 15 is 0 Å². The highest BCUT2D eigenvalue weighted by Crippen LogP contribution is 2.46. The van der Waals surface area contributed by atoms with Crippen molar-refractivity contribution in [2.24, 2.45) is 5.41 Å². The Bertz CT molecular complexity index is 479. The van der Waals surface area contributed by atoms with E-state index < -0.39 is 0 Å². The molecule has 0 N–H and O–H groups in total. The molecule has 1 saturated heterocycles. The number of hydrogen-bond acceptors (Lipinski definition) is 1. The van der Waals surface area contributed by atoms with Gasteiger partial charge in [0.15, 0.2) is 0 Å². The molecule has 2 heterocycles. The van der Waals surface area contributed by atoms with Crippen LogP contribution in [0.25, 0.3) is 0 Å². The number of benzene rings is 1. The first-order valence-corrected chi connectivity index (χ1v) is 5.71. The highest BCUT2D eigenvalue weighted by atomic mass is 16.2. The molecule has 82 valence electrons. The number of anilines is 1. The third-order valence-corrected chi connectivity index (χ3v) is 3.89. The van der Waals surface area contributed by atoms with Crippen molar-refractivity contribution in [3.63, 3.8) is 0 Å². The Morgan fingerprint density at radius 2 is 2.25 bits per heavy atom. The molecule has 3 rings (SSSR count). The first-order valence-electron chi connectivity index (χ1n) is 5.71. The van der Waals surface area contributed by atoms with Gasteiger partial charge in [-0.3, -0.25) is 4.79 Å². The highest BCUT2D eigenvalue weighted by molar-refractivity contribution is 6.03. The van der Waals surface area contributed by atoms with Crippen LogP contribution in [-0.4, -0.2) is 11.9 Å². The molecule has 2 heteroatoms. The molecule has 1 amide bonds. The molecule has 0 unspecified atom stereocenters. The number of nitrogens with zero attached hydrogens (tertiary/aromatic N) is 1. The number of para-hydroxylation sites is 1. The summed E-state index contributed by atoms with van der Waals surface area (Å²) < 4.78 is 0. The summed E-state index contributed by atoms with van der Waals surface area (Å²) in [5.41, 5.74) is 2.04. The minimum atomic E-state index is -0.363. The predicted octanol–water partition coefficient (Wildman–Crippen LogP) is 2.54. The number of fused-ring (bicyclic) bond motifs is 3. The minimum Gasteiger partial charge on any atom is -0.308 e. The molecule has 2 aliphatic rings. The average molecular weight is 213 g/mol. The van der Waals surface area contributed by atoms with Crippen molar-refractivity contribution < 1.29 is 4.79 Å². The monoisotopic (exact) mass is 213 g/mol. The van der Waals surface area contributed by atoms with Crippen molar-refractivity contribution in [1.82, 2.24) is 0 Å². The van der Waals surface area contributed by atoms with Crippen LogP contribution in [0, 0.1) is 5.41 Å². The average Bonchev–Trinajstić information content (AvgIpc) is 2.75. The van der Waals surface area contributed by atoms with E-state index in [1.54, 1.807) is 6.08 Å². The number of rotatable bonds is 1. The van der Waals surface area contributed by atoms with Crippen molar-refractivity contribution in [1.29, 1.82) is 0 Å². The zero-order valence-electron chi connectivity index (χ0n) is 9.44. The van der Waals surface area contributed by atoms with Gasteiger partial charge in [0.1, 0.15) is 0 Å². The van der Waals surface area contributed by atoms with Crippen molar-refractivity contribution in [2.45, 2.75) is 25.8 Å². The van der Waals surface area contributed by atoms with E-state index in [9.17, 15) is 4.79 Å². The number of amides is 1. The van der Waals surface area contributed by atoms with Crippen LogP contribution in [-0.2, 0) is 11.2 Å². The van der Waals surface area contributed by atoms with E-state index in [2.05, 4.69) is 12.6 Å². The second kappa shape index (κ2) is 2.97. The first kappa shape index (κ1) is 9.64. The van der Waals surface area contributed by atoms with Crippen molar-refractivity contribution in [3.8, 4) is 0 Å². The third kappa shape index (κ3) is 1.04. The maximum atomic E-state index is 12.4. The van der Waals surface area contributed by atoms with Crippen LogP contribution in [0.5, 0.6) is 0 Å². The van der Waals surface area contributed by atoms with Crippen LogP contribution in [0.3, 0.4) is 0 Å². The Morgan fingerprint density at radius 1 is 1.50 bits per heavy atom. The van der Waals surface area contributed by atoms with Gasteiger partial charge in [-0.05, 0) is 31.4 Å². The highest BCUT2D eigenvalue weighted by Gasteiger charge is 2.50. The lowest BCUT2D eigenvalue weighted by atomic mass is 9.86.